The maximum atomic E-state index is 10.9. The Balaban J connectivity index is 0. The van der Waals surface area contributed by atoms with E-state index in [9.17, 15) is 9.90 Å². The van der Waals surface area contributed by atoms with E-state index < -0.39 is 5.97 Å². The molecule has 0 aromatic rings. The first-order chi connectivity index (χ1) is 24.2. The Hall–Kier alpha value is 0.430. The molecule has 0 heterocycles. The molecule has 0 aliphatic rings. The zero-order valence-corrected chi connectivity index (χ0v) is 37.2. The summed E-state index contributed by atoms with van der Waals surface area (Å²) in [5, 5.41) is 10.9. The van der Waals surface area contributed by atoms with Crippen molar-refractivity contribution in [3.8, 4) is 0 Å². The van der Waals surface area contributed by atoms with Gasteiger partial charge in [0.2, 0.25) is 0 Å². The molecule has 0 rings (SSSR count). The Bertz CT molecular complexity index is 573. The van der Waals surface area contributed by atoms with Crippen molar-refractivity contribution in [1.29, 1.82) is 0 Å². The van der Waals surface area contributed by atoms with Crippen molar-refractivity contribution in [1.82, 2.24) is 4.90 Å². The monoisotopic (exact) mass is 714 g/mol. The Morgan fingerprint density at radius 3 is 0.700 bits per heavy atom. The molecule has 0 aromatic heterocycles. The summed E-state index contributed by atoms with van der Waals surface area (Å²) in [4.78, 5) is 13.5. The van der Waals surface area contributed by atoms with E-state index in [2.05, 4.69) is 18.7 Å². The molecule has 0 unspecified atom stereocenters. The molecule has 0 aliphatic heterocycles. The van der Waals surface area contributed by atoms with Crippen LogP contribution in [0.15, 0.2) is 0 Å². The topological polar surface area (TPSA) is 43.4 Å². The Kier molecular flexibility index (Phi) is 49.9. The van der Waals surface area contributed by atoms with E-state index in [0.29, 0.717) is 0 Å². The molecular formula is C46H92NNaO2. The fourth-order valence-corrected chi connectivity index (χ4v) is 7.61. The minimum atomic E-state index is -0.896. The summed E-state index contributed by atoms with van der Waals surface area (Å²) >= 11 is 0. The van der Waals surface area contributed by atoms with E-state index in [0.717, 1.165) is 26.1 Å². The molecule has 0 saturated carbocycles. The minimum Gasteiger partial charge on any atom is -0.550 e. The molecule has 0 N–H and O–H groups in total. The number of unbranched alkanes of at least 4 members (excludes halogenated alkanes) is 36. The molecule has 0 saturated heterocycles. The van der Waals surface area contributed by atoms with E-state index in [1.54, 1.807) is 0 Å². The minimum absolute atomic E-state index is 0. The van der Waals surface area contributed by atoms with Crippen LogP contribution in [-0.2, 0) is 4.79 Å². The van der Waals surface area contributed by atoms with Gasteiger partial charge >= 0.3 is 29.6 Å². The Morgan fingerprint density at radius 2 is 0.500 bits per heavy atom. The van der Waals surface area contributed by atoms with Crippen LogP contribution in [0.3, 0.4) is 0 Å². The molecule has 50 heavy (non-hydrogen) atoms. The van der Waals surface area contributed by atoms with Gasteiger partial charge in [-0.25, -0.2) is 0 Å². The van der Waals surface area contributed by atoms with Crippen molar-refractivity contribution in [2.45, 2.75) is 271 Å². The molecule has 0 atom stereocenters. The molecule has 0 bridgehead atoms. The van der Waals surface area contributed by atoms with Crippen LogP contribution in [0.25, 0.3) is 0 Å². The first kappa shape index (κ1) is 52.5. The number of hydrogen-bond acceptors (Lipinski definition) is 3. The molecule has 294 valence electrons. The molecule has 4 heteroatoms. The van der Waals surface area contributed by atoms with Crippen LogP contribution < -0.4 is 34.7 Å². The van der Waals surface area contributed by atoms with E-state index in [1.807, 2.05) is 0 Å². The van der Waals surface area contributed by atoms with Crippen molar-refractivity contribution < 1.29 is 39.5 Å². The Labute approximate surface area is 338 Å². The van der Waals surface area contributed by atoms with Crippen molar-refractivity contribution in [3.05, 3.63) is 0 Å². The van der Waals surface area contributed by atoms with Gasteiger partial charge in [-0.2, -0.15) is 0 Å². The number of nitrogens with zero attached hydrogens (tertiary/aromatic N) is 1. The van der Waals surface area contributed by atoms with Gasteiger partial charge in [-0.1, -0.05) is 245 Å². The van der Waals surface area contributed by atoms with E-state index in [-0.39, 0.29) is 36.0 Å². The van der Waals surface area contributed by atoms with E-state index >= 15 is 0 Å². The largest absolute Gasteiger partial charge is 1.00 e. The van der Waals surface area contributed by atoms with Crippen LogP contribution in [0, 0.1) is 0 Å². The smallest absolute Gasteiger partial charge is 0.550 e. The third-order valence-corrected chi connectivity index (χ3v) is 11.0. The zero-order chi connectivity index (χ0) is 35.6. The van der Waals surface area contributed by atoms with Gasteiger partial charge < -0.3 is 14.8 Å². The summed E-state index contributed by atoms with van der Waals surface area (Å²) in [7, 11) is 0. The number of aliphatic carboxylic acids is 1. The van der Waals surface area contributed by atoms with Gasteiger partial charge in [0.15, 0.2) is 0 Å². The van der Waals surface area contributed by atoms with Gasteiger partial charge in [0.1, 0.15) is 0 Å². The summed E-state index contributed by atoms with van der Waals surface area (Å²) in [5.41, 5.74) is 0. The SMILES string of the molecule is CCCCCCCCCCCCCCCCCCCCCN(CCCCCCCCCCCCCCCCCCCCC)CCCC(=O)[O-].[Na+]. The zero-order valence-electron chi connectivity index (χ0n) is 35.2. The number of rotatable bonds is 44. The van der Waals surface area contributed by atoms with Crippen molar-refractivity contribution in [2.24, 2.45) is 0 Å². The number of hydrogen-bond donors (Lipinski definition) is 0. The average Bonchev–Trinajstić information content (AvgIpc) is 3.09. The maximum absolute atomic E-state index is 10.9. The molecule has 0 radical (unpaired) electrons. The molecular weight excluding hydrogens is 622 g/mol. The van der Waals surface area contributed by atoms with Gasteiger partial charge in [-0.3, -0.25) is 0 Å². The van der Waals surface area contributed by atoms with Crippen molar-refractivity contribution in [2.75, 3.05) is 19.6 Å². The predicted molar refractivity (Wildman–Crippen MR) is 217 cm³/mol. The number of carbonyl (C=O) groups is 1. The predicted octanol–water partition coefficient (Wildman–Crippen LogP) is 11.7. The van der Waals surface area contributed by atoms with Gasteiger partial charge in [-0.05, 0) is 45.3 Å². The van der Waals surface area contributed by atoms with Gasteiger partial charge in [-0.15, -0.1) is 0 Å². The third-order valence-electron chi connectivity index (χ3n) is 11.0. The second-order valence-corrected chi connectivity index (χ2v) is 16.0. The van der Waals surface area contributed by atoms with Gasteiger partial charge in [0, 0.05) is 5.97 Å². The quantitative estimate of drug-likeness (QED) is 0.0466. The van der Waals surface area contributed by atoms with Crippen molar-refractivity contribution in [3.63, 3.8) is 0 Å². The van der Waals surface area contributed by atoms with Crippen LogP contribution in [0.5, 0.6) is 0 Å². The van der Waals surface area contributed by atoms with Crippen LogP contribution in [0.4, 0.5) is 0 Å². The molecule has 0 spiro atoms. The second-order valence-electron chi connectivity index (χ2n) is 16.0. The van der Waals surface area contributed by atoms with E-state index in [4.69, 9.17) is 0 Å². The van der Waals surface area contributed by atoms with Crippen molar-refractivity contribution >= 4 is 5.97 Å². The number of carboxylic acid groups (broad SMARTS) is 1. The first-order valence-electron chi connectivity index (χ1n) is 23.1. The summed E-state index contributed by atoms with van der Waals surface area (Å²) in [6, 6.07) is 0. The summed E-state index contributed by atoms with van der Waals surface area (Å²) in [6.07, 6.45) is 54.8. The van der Waals surface area contributed by atoms with Crippen LogP contribution >= 0.6 is 0 Å². The second kappa shape index (κ2) is 47.5. The summed E-state index contributed by atoms with van der Waals surface area (Å²) < 4.78 is 0. The fraction of sp³-hybridized carbons (Fsp3) is 0.978. The van der Waals surface area contributed by atoms with Gasteiger partial charge in [0.25, 0.3) is 0 Å². The van der Waals surface area contributed by atoms with Crippen LogP contribution in [0.2, 0.25) is 0 Å². The first-order valence-corrected chi connectivity index (χ1v) is 23.1. The molecule has 0 aromatic carbocycles. The van der Waals surface area contributed by atoms with E-state index in [1.165, 1.54) is 244 Å². The molecule has 0 aliphatic carbocycles. The fourth-order valence-electron chi connectivity index (χ4n) is 7.61. The molecule has 3 nitrogen and oxygen atoms in total. The van der Waals surface area contributed by atoms with Gasteiger partial charge in [0.05, 0.1) is 0 Å². The molecule has 0 fully saturated rings. The summed E-state index contributed by atoms with van der Waals surface area (Å²) in [6.45, 7) is 7.81. The van der Waals surface area contributed by atoms with Crippen LogP contribution in [-0.4, -0.2) is 30.5 Å². The van der Waals surface area contributed by atoms with Crippen LogP contribution in [0.1, 0.15) is 271 Å². The Morgan fingerprint density at radius 1 is 0.320 bits per heavy atom. The number of carboxylic acids is 1. The summed E-state index contributed by atoms with van der Waals surface area (Å²) in [5.74, 6) is -0.896. The standard InChI is InChI=1S/C46H93NO2.Na/c1-3-5-7-9-11-13-15-17-19-21-23-25-27-29-31-33-35-37-39-43-47(45-41-42-46(48)49)44-40-38-36-34-32-30-28-26-24-22-20-18-16-14-12-10-8-6-4-2;/h3-45H2,1-2H3,(H,48,49);/q;+1/p-1. The molecule has 0 amide bonds. The maximum Gasteiger partial charge on any atom is 1.00 e. The number of carbonyl (C=O) groups excluding carboxylic acids is 1. The average molecular weight is 714 g/mol. The third kappa shape index (κ3) is 46.5. The normalized spacial score (nSPS) is 11.4.